The van der Waals surface area contributed by atoms with Crippen LogP contribution in [0.1, 0.15) is 43.0 Å². The van der Waals surface area contributed by atoms with Gasteiger partial charge in [0.15, 0.2) is 0 Å². The van der Waals surface area contributed by atoms with Gasteiger partial charge in [-0.25, -0.2) is 4.79 Å². The first-order valence-electron chi connectivity index (χ1n) is 15.7. The number of hydroxylamine groups is 3. The molecular formula is C33H45NO10. The number of aliphatic hydroxyl groups is 1. The largest absolute Gasteiger partial charge is 0.633 e. The molecule has 11 heteroatoms. The zero-order valence-corrected chi connectivity index (χ0v) is 26.4. The fraction of sp³-hybridized carbons (Fsp3) is 0.758. The zero-order valence-electron chi connectivity index (χ0n) is 26.4. The number of esters is 2. The van der Waals surface area contributed by atoms with E-state index < -0.39 is 80.7 Å². The third kappa shape index (κ3) is 3.52. The van der Waals surface area contributed by atoms with Crippen molar-refractivity contribution in [1.29, 1.82) is 0 Å². The summed E-state index contributed by atoms with van der Waals surface area (Å²) < 4.78 is 37.0. The van der Waals surface area contributed by atoms with Crippen molar-refractivity contribution in [2.24, 2.45) is 34.5 Å². The van der Waals surface area contributed by atoms with E-state index in [1.54, 1.807) is 52.6 Å². The molecule has 10 unspecified atom stereocenters. The molecule has 44 heavy (non-hydrogen) atoms. The summed E-state index contributed by atoms with van der Waals surface area (Å²) in [6.45, 7) is 2.08. The van der Waals surface area contributed by atoms with Crippen LogP contribution in [0, 0.1) is 39.7 Å². The number of nitrogens with zero attached hydrogens (tertiary/aromatic N) is 1. The standard InChI is InChI=1S/C33H45NO10/c1-18(35)44-32-15-22(41-5)31(37)14-20(23(32)28(31)43-29(36)19-10-8-7-9-11-19)33-21(40-4)12-13-30(17-39-3)16-34(2,38)27(33)24(32)25(42-6)26(30)33/h7-11,20-28,37H,12-17H2,1-6H3/t20?,21?,22?,23?,24?,25?,26?,27?,28-,30?,31+,32-,33+,34?/m1/s1. The molecule has 0 aromatic heterocycles. The van der Waals surface area contributed by atoms with Gasteiger partial charge in [0.1, 0.15) is 23.3 Å². The third-order valence-corrected chi connectivity index (χ3v) is 12.9. The predicted octanol–water partition coefficient (Wildman–Crippen LogP) is 2.33. The van der Waals surface area contributed by atoms with Crippen molar-refractivity contribution >= 4 is 11.9 Å². The Balaban J connectivity index is 1.50. The quantitative estimate of drug-likeness (QED) is 0.264. The highest BCUT2D eigenvalue weighted by molar-refractivity contribution is 5.89. The lowest BCUT2D eigenvalue weighted by atomic mass is 9.43. The molecule has 1 saturated heterocycles. The summed E-state index contributed by atoms with van der Waals surface area (Å²) in [5, 5.41) is 27.8. The van der Waals surface area contributed by atoms with Gasteiger partial charge in [-0.05, 0) is 37.3 Å². The summed E-state index contributed by atoms with van der Waals surface area (Å²) in [4.78, 5) is 26.8. The number of quaternary nitrogens is 1. The summed E-state index contributed by atoms with van der Waals surface area (Å²) in [5.41, 5.74) is -3.84. The van der Waals surface area contributed by atoms with Crippen LogP contribution in [-0.4, -0.2) is 112 Å². The number of ether oxygens (including phenoxy) is 6. The predicted molar refractivity (Wildman–Crippen MR) is 155 cm³/mol. The highest BCUT2D eigenvalue weighted by Crippen LogP contribution is 2.81. The number of piperidine rings is 1. The van der Waals surface area contributed by atoms with E-state index in [9.17, 15) is 14.7 Å². The zero-order chi connectivity index (χ0) is 31.4. The summed E-state index contributed by atoms with van der Waals surface area (Å²) in [5.74, 6) is -2.85. The minimum absolute atomic E-state index is 0.152. The molecule has 0 radical (unpaired) electrons. The van der Waals surface area contributed by atoms with Crippen LogP contribution in [0.25, 0.3) is 0 Å². The minimum atomic E-state index is -1.58. The fourth-order valence-electron chi connectivity index (χ4n) is 12.5. The van der Waals surface area contributed by atoms with Crippen molar-refractivity contribution < 1.29 is 47.8 Å². The highest BCUT2D eigenvalue weighted by atomic mass is 16.6. The van der Waals surface area contributed by atoms with E-state index in [1.165, 1.54) is 14.0 Å². The number of hydrogen-bond donors (Lipinski definition) is 1. The maximum absolute atomic E-state index is 15.2. The maximum Gasteiger partial charge on any atom is 0.338 e. The molecule has 7 bridgehead atoms. The summed E-state index contributed by atoms with van der Waals surface area (Å²) in [6, 6.07) is 8.10. The van der Waals surface area contributed by atoms with Crippen molar-refractivity contribution in [3.8, 4) is 0 Å². The Morgan fingerprint density at radius 2 is 1.73 bits per heavy atom. The van der Waals surface area contributed by atoms with E-state index in [0.717, 1.165) is 6.42 Å². The van der Waals surface area contributed by atoms with Gasteiger partial charge in [0.05, 0.1) is 55.4 Å². The molecule has 6 fully saturated rings. The Labute approximate surface area is 258 Å². The first-order valence-corrected chi connectivity index (χ1v) is 15.7. The van der Waals surface area contributed by atoms with Gasteiger partial charge in [0.25, 0.3) is 0 Å². The number of fused-ring (bicyclic) bond motifs is 2. The highest BCUT2D eigenvalue weighted by Gasteiger charge is 2.92. The molecule has 0 amide bonds. The van der Waals surface area contributed by atoms with Gasteiger partial charge < -0.3 is 43.4 Å². The molecule has 1 aromatic rings. The number of likely N-dealkylation sites (tertiary alicyclic amines) is 1. The lowest BCUT2D eigenvalue weighted by Gasteiger charge is -2.71. The van der Waals surface area contributed by atoms with Crippen LogP contribution in [0.15, 0.2) is 30.3 Å². The number of rotatable bonds is 8. The van der Waals surface area contributed by atoms with Crippen LogP contribution in [0.2, 0.25) is 0 Å². The molecule has 5 aliphatic carbocycles. The van der Waals surface area contributed by atoms with E-state index in [2.05, 4.69) is 0 Å². The van der Waals surface area contributed by atoms with Gasteiger partial charge >= 0.3 is 11.9 Å². The van der Waals surface area contributed by atoms with Gasteiger partial charge in [-0.3, -0.25) is 4.79 Å². The molecule has 7 rings (SSSR count). The number of carbonyl (C=O) groups is 2. The first kappa shape index (κ1) is 30.5. The number of hydrogen-bond acceptors (Lipinski definition) is 10. The topological polar surface area (TPSA) is 133 Å². The Morgan fingerprint density at radius 3 is 2.34 bits per heavy atom. The SMILES string of the molecule is COCC12CCC(OC)[C@@]34C5C[C@]6(O)C(OC)C[C@](OC(C)=O)(C(C(OC)C13)C4[N+](C)([O-])C2)C5[C@H]6OC(=O)c1ccccc1. The molecule has 242 valence electrons. The second-order valence-corrected chi connectivity index (χ2v) is 14.5. The molecule has 14 atom stereocenters. The number of benzene rings is 1. The Kier molecular flexibility index (Phi) is 6.90. The second-order valence-electron chi connectivity index (χ2n) is 14.5. The van der Waals surface area contributed by atoms with Crippen LogP contribution in [0.5, 0.6) is 0 Å². The van der Waals surface area contributed by atoms with Crippen LogP contribution in [0.4, 0.5) is 0 Å². The van der Waals surface area contributed by atoms with E-state index in [-0.39, 0.29) is 24.9 Å². The van der Waals surface area contributed by atoms with E-state index in [1.807, 2.05) is 6.07 Å². The van der Waals surface area contributed by atoms with Crippen LogP contribution < -0.4 is 0 Å². The number of carbonyl (C=O) groups excluding carboxylic acids is 2. The molecule has 1 aromatic carbocycles. The number of methoxy groups -OCH3 is 4. The Morgan fingerprint density at radius 1 is 1.02 bits per heavy atom. The Hall–Kier alpha value is -2.12. The third-order valence-electron chi connectivity index (χ3n) is 12.9. The smallest absolute Gasteiger partial charge is 0.338 e. The lowest BCUT2D eigenvalue weighted by Crippen LogP contribution is -2.80. The van der Waals surface area contributed by atoms with Gasteiger partial charge in [0, 0.05) is 59.0 Å². The molecule has 1 heterocycles. The van der Waals surface area contributed by atoms with Gasteiger partial charge in [-0.1, -0.05) is 18.2 Å². The second kappa shape index (κ2) is 9.94. The molecule has 1 N–H and O–H groups in total. The van der Waals surface area contributed by atoms with Crippen molar-refractivity contribution in [2.75, 3.05) is 48.6 Å². The summed E-state index contributed by atoms with van der Waals surface area (Å²) >= 11 is 0. The summed E-state index contributed by atoms with van der Waals surface area (Å²) in [7, 11) is 8.27. The van der Waals surface area contributed by atoms with Crippen LogP contribution >= 0.6 is 0 Å². The first-order chi connectivity index (χ1) is 20.9. The maximum atomic E-state index is 15.2. The van der Waals surface area contributed by atoms with Crippen molar-refractivity contribution in [2.45, 2.75) is 74.3 Å². The fourth-order valence-corrected chi connectivity index (χ4v) is 12.5. The van der Waals surface area contributed by atoms with Crippen molar-refractivity contribution in [1.82, 2.24) is 0 Å². The van der Waals surface area contributed by atoms with Crippen molar-refractivity contribution in [3.05, 3.63) is 41.1 Å². The van der Waals surface area contributed by atoms with E-state index in [4.69, 9.17) is 28.4 Å². The van der Waals surface area contributed by atoms with E-state index in [0.29, 0.717) is 25.1 Å². The normalized spacial score (nSPS) is 51.1. The lowest BCUT2D eigenvalue weighted by molar-refractivity contribution is -0.917. The molecule has 1 spiro atoms. The average molecular weight is 616 g/mol. The van der Waals surface area contributed by atoms with E-state index >= 15 is 5.21 Å². The Bertz CT molecular complexity index is 1320. The molecule has 11 nitrogen and oxygen atoms in total. The monoisotopic (exact) mass is 615 g/mol. The van der Waals surface area contributed by atoms with Gasteiger partial charge in [-0.15, -0.1) is 0 Å². The van der Waals surface area contributed by atoms with Crippen LogP contribution in [0.3, 0.4) is 0 Å². The molecule has 1 aliphatic heterocycles. The summed E-state index contributed by atoms with van der Waals surface area (Å²) in [6.07, 6.45) is -0.909. The van der Waals surface area contributed by atoms with Crippen molar-refractivity contribution in [3.63, 3.8) is 0 Å². The van der Waals surface area contributed by atoms with Gasteiger partial charge in [-0.2, -0.15) is 0 Å². The minimum Gasteiger partial charge on any atom is -0.633 e. The molecular weight excluding hydrogens is 570 g/mol. The molecule has 6 aliphatic rings. The average Bonchev–Trinajstić information content (AvgIpc) is 3.39. The molecule has 5 saturated carbocycles. The van der Waals surface area contributed by atoms with Crippen LogP contribution in [-0.2, 0) is 33.2 Å². The van der Waals surface area contributed by atoms with Gasteiger partial charge in [0.2, 0.25) is 0 Å².